The number of carbonyl (C=O) groups is 1. The van der Waals surface area contributed by atoms with Crippen molar-refractivity contribution in [2.45, 2.75) is 32.2 Å². The van der Waals surface area contributed by atoms with Crippen LogP contribution in [0, 0.1) is 6.92 Å². The van der Waals surface area contributed by atoms with Gasteiger partial charge in [-0.05, 0) is 37.0 Å². The number of benzene rings is 2. The molecule has 0 saturated carbocycles. The van der Waals surface area contributed by atoms with Crippen LogP contribution in [0.3, 0.4) is 0 Å². The van der Waals surface area contributed by atoms with Crippen molar-refractivity contribution < 1.29 is 14.3 Å². The van der Waals surface area contributed by atoms with Crippen molar-refractivity contribution in [2.24, 2.45) is 0 Å². The summed E-state index contributed by atoms with van der Waals surface area (Å²) >= 11 is 0. The SMILES string of the molecule is COc1ccccc1C(CNC(=O)CCCc1ccccc1C)N1CCOCC1. The first kappa shape index (κ1) is 21.3. The molecule has 0 spiro atoms. The first-order chi connectivity index (χ1) is 14.2. The highest BCUT2D eigenvalue weighted by Crippen LogP contribution is 2.29. The first-order valence-electron chi connectivity index (χ1n) is 10.4. The smallest absolute Gasteiger partial charge is 0.220 e. The highest BCUT2D eigenvalue weighted by atomic mass is 16.5. The summed E-state index contributed by atoms with van der Waals surface area (Å²) in [6.45, 7) is 5.84. The van der Waals surface area contributed by atoms with Gasteiger partial charge in [-0.2, -0.15) is 0 Å². The molecular weight excluding hydrogens is 364 g/mol. The zero-order valence-electron chi connectivity index (χ0n) is 17.5. The Hall–Kier alpha value is -2.37. The standard InChI is InChI=1S/C24H32N2O3/c1-19-8-3-4-9-20(19)10-7-13-24(27)25-18-22(26-14-16-29-17-15-26)21-11-5-6-12-23(21)28-2/h3-6,8-9,11-12,22H,7,10,13-18H2,1-2H3,(H,25,27). The Balaban J connectivity index is 1.57. The van der Waals surface area contributed by atoms with E-state index in [-0.39, 0.29) is 11.9 Å². The molecular formula is C24H32N2O3. The minimum absolute atomic E-state index is 0.0790. The van der Waals surface area contributed by atoms with Crippen LogP contribution in [0.1, 0.15) is 35.6 Å². The molecule has 5 heteroatoms. The maximum Gasteiger partial charge on any atom is 0.220 e. The maximum absolute atomic E-state index is 12.5. The summed E-state index contributed by atoms with van der Waals surface area (Å²) in [5, 5.41) is 3.15. The molecule has 1 aliphatic heterocycles. The second-order valence-electron chi connectivity index (χ2n) is 7.49. The molecule has 3 rings (SSSR count). The van der Waals surface area contributed by atoms with E-state index in [1.165, 1.54) is 11.1 Å². The lowest BCUT2D eigenvalue weighted by Gasteiger charge is -2.35. The molecule has 1 unspecified atom stereocenters. The molecule has 1 aliphatic rings. The number of aryl methyl sites for hydroxylation is 2. The van der Waals surface area contributed by atoms with Crippen LogP contribution in [0.2, 0.25) is 0 Å². The van der Waals surface area contributed by atoms with Crippen LogP contribution in [0.15, 0.2) is 48.5 Å². The van der Waals surface area contributed by atoms with E-state index < -0.39 is 0 Å². The number of amides is 1. The summed E-state index contributed by atoms with van der Waals surface area (Å²) in [6.07, 6.45) is 2.32. The minimum Gasteiger partial charge on any atom is -0.496 e. The third-order valence-electron chi connectivity index (χ3n) is 5.59. The predicted molar refractivity (Wildman–Crippen MR) is 115 cm³/mol. The number of hydrogen-bond donors (Lipinski definition) is 1. The Morgan fingerprint density at radius 1 is 1.14 bits per heavy atom. The van der Waals surface area contributed by atoms with Gasteiger partial charge >= 0.3 is 0 Å². The second-order valence-corrected chi connectivity index (χ2v) is 7.49. The molecule has 1 amide bonds. The molecule has 1 fully saturated rings. The molecule has 1 atom stereocenters. The molecule has 2 aromatic rings. The summed E-state index contributed by atoms with van der Waals surface area (Å²) in [5.41, 5.74) is 3.72. The summed E-state index contributed by atoms with van der Waals surface area (Å²) in [6, 6.07) is 16.5. The number of ether oxygens (including phenoxy) is 2. The summed E-state index contributed by atoms with van der Waals surface area (Å²) in [5.74, 6) is 0.963. The Bertz CT molecular complexity index is 787. The number of rotatable bonds is 9. The van der Waals surface area contributed by atoms with E-state index in [0.29, 0.717) is 13.0 Å². The number of morpholine rings is 1. The van der Waals surface area contributed by atoms with Crippen molar-refractivity contribution in [2.75, 3.05) is 40.0 Å². The predicted octanol–water partition coefficient (Wildman–Crippen LogP) is 3.52. The maximum atomic E-state index is 12.5. The highest BCUT2D eigenvalue weighted by Gasteiger charge is 2.25. The lowest BCUT2D eigenvalue weighted by molar-refractivity contribution is -0.121. The fraction of sp³-hybridized carbons (Fsp3) is 0.458. The molecule has 0 bridgehead atoms. The molecule has 0 radical (unpaired) electrons. The van der Waals surface area contributed by atoms with E-state index >= 15 is 0 Å². The van der Waals surface area contributed by atoms with E-state index in [2.05, 4.69) is 47.5 Å². The van der Waals surface area contributed by atoms with E-state index in [9.17, 15) is 4.79 Å². The van der Waals surface area contributed by atoms with Crippen LogP contribution in [0.5, 0.6) is 5.75 Å². The second kappa shape index (κ2) is 11.0. The van der Waals surface area contributed by atoms with E-state index in [1.807, 2.05) is 18.2 Å². The van der Waals surface area contributed by atoms with Gasteiger partial charge in [0.15, 0.2) is 0 Å². The van der Waals surface area contributed by atoms with Crippen molar-refractivity contribution >= 4 is 5.91 Å². The van der Waals surface area contributed by atoms with Gasteiger partial charge in [0.25, 0.3) is 0 Å². The van der Waals surface area contributed by atoms with Crippen LogP contribution in [0.25, 0.3) is 0 Å². The van der Waals surface area contributed by atoms with Gasteiger partial charge in [-0.3, -0.25) is 9.69 Å². The van der Waals surface area contributed by atoms with Crippen LogP contribution in [-0.2, 0) is 16.0 Å². The quantitative estimate of drug-likeness (QED) is 0.705. The van der Waals surface area contributed by atoms with Crippen molar-refractivity contribution in [3.63, 3.8) is 0 Å². The molecule has 1 saturated heterocycles. The number of hydrogen-bond acceptors (Lipinski definition) is 4. The van der Waals surface area contributed by atoms with Gasteiger partial charge in [0.1, 0.15) is 5.75 Å². The summed E-state index contributed by atoms with van der Waals surface area (Å²) in [7, 11) is 1.69. The molecule has 0 aliphatic carbocycles. The average Bonchev–Trinajstić information content (AvgIpc) is 2.76. The summed E-state index contributed by atoms with van der Waals surface area (Å²) < 4.78 is 11.1. The van der Waals surface area contributed by atoms with Gasteiger partial charge in [-0.15, -0.1) is 0 Å². The van der Waals surface area contributed by atoms with Crippen molar-refractivity contribution in [1.82, 2.24) is 10.2 Å². The van der Waals surface area contributed by atoms with Crippen LogP contribution in [-0.4, -0.2) is 50.8 Å². The number of methoxy groups -OCH3 is 1. The van der Waals surface area contributed by atoms with E-state index in [4.69, 9.17) is 9.47 Å². The van der Waals surface area contributed by atoms with Crippen LogP contribution in [0.4, 0.5) is 0 Å². The number of para-hydroxylation sites is 1. The number of carbonyl (C=O) groups excluding carboxylic acids is 1. The Morgan fingerprint density at radius 2 is 1.86 bits per heavy atom. The van der Waals surface area contributed by atoms with Crippen LogP contribution < -0.4 is 10.1 Å². The minimum atomic E-state index is 0.0790. The van der Waals surface area contributed by atoms with Gasteiger partial charge in [0.2, 0.25) is 5.91 Å². The lowest BCUT2D eigenvalue weighted by atomic mass is 10.0. The highest BCUT2D eigenvalue weighted by molar-refractivity contribution is 5.75. The van der Waals surface area contributed by atoms with E-state index in [1.54, 1.807) is 7.11 Å². The van der Waals surface area contributed by atoms with Gasteiger partial charge in [-0.1, -0.05) is 42.5 Å². The molecule has 1 N–H and O–H groups in total. The molecule has 29 heavy (non-hydrogen) atoms. The average molecular weight is 397 g/mol. The molecule has 1 heterocycles. The van der Waals surface area contributed by atoms with Crippen molar-refractivity contribution in [3.8, 4) is 5.75 Å². The Labute approximate surface area is 174 Å². The summed E-state index contributed by atoms with van der Waals surface area (Å²) in [4.78, 5) is 14.9. The number of nitrogens with one attached hydrogen (secondary N) is 1. The fourth-order valence-electron chi connectivity index (χ4n) is 3.90. The Kier molecular flexibility index (Phi) is 8.08. The third-order valence-corrected chi connectivity index (χ3v) is 5.59. The molecule has 0 aromatic heterocycles. The normalized spacial score (nSPS) is 15.7. The lowest BCUT2D eigenvalue weighted by Crippen LogP contribution is -2.44. The van der Waals surface area contributed by atoms with E-state index in [0.717, 1.165) is 50.5 Å². The topological polar surface area (TPSA) is 50.8 Å². The molecule has 2 aromatic carbocycles. The van der Waals surface area contributed by atoms with Gasteiger partial charge < -0.3 is 14.8 Å². The zero-order valence-corrected chi connectivity index (χ0v) is 17.5. The Morgan fingerprint density at radius 3 is 2.62 bits per heavy atom. The molecule has 156 valence electrons. The van der Waals surface area contributed by atoms with Gasteiger partial charge in [0.05, 0.1) is 26.4 Å². The fourth-order valence-corrected chi connectivity index (χ4v) is 3.90. The largest absolute Gasteiger partial charge is 0.496 e. The monoisotopic (exact) mass is 396 g/mol. The molecule has 5 nitrogen and oxygen atoms in total. The first-order valence-corrected chi connectivity index (χ1v) is 10.4. The third kappa shape index (κ3) is 6.05. The van der Waals surface area contributed by atoms with Crippen molar-refractivity contribution in [3.05, 3.63) is 65.2 Å². The van der Waals surface area contributed by atoms with Crippen LogP contribution >= 0.6 is 0 Å². The zero-order chi connectivity index (χ0) is 20.5. The number of nitrogens with zero attached hydrogens (tertiary/aromatic N) is 1. The van der Waals surface area contributed by atoms with Gasteiger partial charge in [-0.25, -0.2) is 0 Å². The van der Waals surface area contributed by atoms with Crippen molar-refractivity contribution in [1.29, 1.82) is 0 Å². The van der Waals surface area contributed by atoms with Gasteiger partial charge in [0, 0.05) is 31.6 Å².